The van der Waals surface area contributed by atoms with E-state index in [0.29, 0.717) is 0 Å². The summed E-state index contributed by atoms with van der Waals surface area (Å²) < 4.78 is 1.94. The van der Waals surface area contributed by atoms with Crippen LogP contribution in [0.4, 0.5) is 0 Å². The summed E-state index contributed by atoms with van der Waals surface area (Å²) in [4.78, 5) is 0. The minimum absolute atomic E-state index is 0.154. The molecule has 2 aromatic rings. The Morgan fingerprint density at radius 2 is 2.06 bits per heavy atom. The van der Waals surface area contributed by atoms with Gasteiger partial charge in [0.25, 0.3) is 0 Å². The molecular formula is C15H21N3. The molecule has 1 aromatic heterocycles. The Hall–Kier alpha value is -1.61. The van der Waals surface area contributed by atoms with E-state index in [2.05, 4.69) is 49.4 Å². The molecule has 0 spiro atoms. The van der Waals surface area contributed by atoms with Crippen molar-refractivity contribution < 1.29 is 0 Å². The van der Waals surface area contributed by atoms with E-state index in [1.165, 1.54) is 16.7 Å². The van der Waals surface area contributed by atoms with Crippen LogP contribution in [0.25, 0.3) is 0 Å². The van der Waals surface area contributed by atoms with Crippen LogP contribution in [0.1, 0.15) is 23.6 Å². The lowest BCUT2D eigenvalue weighted by atomic mass is 10.0. The Labute approximate surface area is 109 Å². The summed E-state index contributed by atoms with van der Waals surface area (Å²) in [6.07, 6.45) is 5.79. The summed E-state index contributed by atoms with van der Waals surface area (Å²) in [5.74, 6) is 0. The lowest BCUT2D eigenvalue weighted by Crippen LogP contribution is -2.25. The molecule has 0 saturated heterocycles. The van der Waals surface area contributed by atoms with Crippen molar-refractivity contribution in [3.63, 3.8) is 0 Å². The number of hydrogen-bond acceptors (Lipinski definition) is 2. The predicted molar refractivity (Wildman–Crippen MR) is 74.5 cm³/mol. The molecule has 3 nitrogen and oxygen atoms in total. The molecule has 2 N–H and O–H groups in total. The van der Waals surface area contributed by atoms with Gasteiger partial charge in [-0.3, -0.25) is 4.68 Å². The van der Waals surface area contributed by atoms with E-state index in [1.807, 2.05) is 10.9 Å². The predicted octanol–water partition coefficient (Wildman–Crippen LogP) is 2.32. The van der Waals surface area contributed by atoms with Crippen molar-refractivity contribution in [1.29, 1.82) is 0 Å². The monoisotopic (exact) mass is 243 g/mol. The Kier molecular flexibility index (Phi) is 4.15. The third-order valence-corrected chi connectivity index (χ3v) is 3.09. The highest BCUT2D eigenvalue weighted by Crippen LogP contribution is 2.09. The van der Waals surface area contributed by atoms with E-state index in [0.717, 1.165) is 19.4 Å². The van der Waals surface area contributed by atoms with Crippen LogP contribution in [0.3, 0.4) is 0 Å². The number of rotatable bonds is 5. The van der Waals surface area contributed by atoms with Crippen LogP contribution in [0.2, 0.25) is 0 Å². The van der Waals surface area contributed by atoms with Crippen molar-refractivity contribution in [3.8, 4) is 0 Å². The molecule has 2 rings (SSSR count). The first-order valence-corrected chi connectivity index (χ1v) is 6.50. The lowest BCUT2D eigenvalue weighted by Gasteiger charge is -2.10. The third kappa shape index (κ3) is 3.44. The highest BCUT2D eigenvalue weighted by Gasteiger charge is 2.07. The number of benzene rings is 1. The molecule has 1 aromatic carbocycles. The van der Waals surface area contributed by atoms with Crippen LogP contribution >= 0.6 is 0 Å². The second-order valence-corrected chi connectivity index (χ2v) is 4.86. The normalized spacial score (nSPS) is 12.6. The van der Waals surface area contributed by atoms with Gasteiger partial charge in [-0.15, -0.1) is 0 Å². The lowest BCUT2D eigenvalue weighted by molar-refractivity contribution is 0.650. The second kappa shape index (κ2) is 5.83. The zero-order valence-electron chi connectivity index (χ0n) is 11.1. The quantitative estimate of drug-likeness (QED) is 0.876. The SMILES string of the molecule is CCn1cc(CC(N)Cc2cccc(C)c2)cn1. The average molecular weight is 243 g/mol. The van der Waals surface area contributed by atoms with Gasteiger partial charge in [0, 0.05) is 18.8 Å². The summed E-state index contributed by atoms with van der Waals surface area (Å²) in [7, 11) is 0. The zero-order valence-corrected chi connectivity index (χ0v) is 11.1. The van der Waals surface area contributed by atoms with Crippen LogP contribution in [0.5, 0.6) is 0 Å². The topological polar surface area (TPSA) is 43.8 Å². The molecule has 96 valence electrons. The number of nitrogens with zero attached hydrogens (tertiary/aromatic N) is 2. The smallest absolute Gasteiger partial charge is 0.0522 e. The summed E-state index contributed by atoms with van der Waals surface area (Å²) in [6.45, 7) is 5.11. The third-order valence-electron chi connectivity index (χ3n) is 3.09. The maximum atomic E-state index is 6.20. The highest BCUT2D eigenvalue weighted by molar-refractivity contribution is 5.23. The molecule has 1 atom stereocenters. The van der Waals surface area contributed by atoms with E-state index in [-0.39, 0.29) is 6.04 Å². The molecule has 0 bridgehead atoms. The molecule has 3 heteroatoms. The number of aromatic nitrogens is 2. The van der Waals surface area contributed by atoms with Gasteiger partial charge in [-0.1, -0.05) is 29.8 Å². The van der Waals surface area contributed by atoms with Crippen molar-refractivity contribution in [2.24, 2.45) is 5.73 Å². The molecule has 0 saturated carbocycles. The van der Waals surface area contributed by atoms with E-state index < -0.39 is 0 Å². The number of aryl methyl sites for hydroxylation is 2. The first-order valence-electron chi connectivity index (χ1n) is 6.50. The summed E-state index contributed by atoms with van der Waals surface area (Å²) in [6, 6.07) is 8.70. The fourth-order valence-corrected chi connectivity index (χ4v) is 2.20. The molecule has 1 unspecified atom stereocenters. The van der Waals surface area contributed by atoms with E-state index in [1.54, 1.807) is 0 Å². The minimum atomic E-state index is 0.154. The molecular weight excluding hydrogens is 222 g/mol. The summed E-state index contributed by atoms with van der Waals surface area (Å²) in [5, 5.41) is 4.27. The summed E-state index contributed by atoms with van der Waals surface area (Å²) >= 11 is 0. The molecule has 0 aliphatic carbocycles. The molecule has 0 fully saturated rings. The van der Waals surface area contributed by atoms with Gasteiger partial charge < -0.3 is 5.73 Å². The maximum Gasteiger partial charge on any atom is 0.0522 e. The molecule has 0 radical (unpaired) electrons. The Bertz CT molecular complexity index is 502. The molecule has 1 heterocycles. The number of nitrogens with two attached hydrogens (primary N) is 1. The Morgan fingerprint density at radius 1 is 1.28 bits per heavy atom. The van der Waals surface area contributed by atoms with Gasteiger partial charge in [0.15, 0.2) is 0 Å². The van der Waals surface area contributed by atoms with Crippen LogP contribution < -0.4 is 5.73 Å². The minimum Gasteiger partial charge on any atom is -0.327 e. The molecule has 0 aliphatic heterocycles. The second-order valence-electron chi connectivity index (χ2n) is 4.86. The standard InChI is InChI=1S/C15H21N3/c1-3-18-11-14(10-17-18)9-15(16)8-13-6-4-5-12(2)7-13/h4-7,10-11,15H,3,8-9,16H2,1-2H3. The van der Waals surface area contributed by atoms with Gasteiger partial charge in [-0.25, -0.2) is 0 Å². The molecule has 0 amide bonds. The van der Waals surface area contributed by atoms with Gasteiger partial charge in [0.2, 0.25) is 0 Å². The van der Waals surface area contributed by atoms with E-state index in [9.17, 15) is 0 Å². The van der Waals surface area contributed by atoms with E-state index in [4.69, 9.17) is 5.73 Å². The van der Waals surface area contributed by atoms with Gasteiger partial charge in [0.05, 0.1) is 6.20 Å². The number of hydrogen-bond donors (Lipinski definition) is 1. The summed E-state index contributed by atoms with van der Waals surface area (Å²) in [5.41, 5.74) is 10.0. The van der Waals surface area contributed by atoms with E-state index >= 15 is 0 Å². The van der Waals surface area contributed by atoms with Gasteiger partial charge in [-0.05, 0) is 37.8 Å². The van der Waals surface area contributed by atoms with Gasteiger partial charge >= 0.3 is 0 Å². The highest BCUT2D eigenvalue weighted by atomic mass is 15.3. The van der Waals surface area contributed by atoms with Crippen molar-refractivity contribution >= 4 is 0 Å². The van der Waals surface area contributed by atoms with Crippen LogP contribution in [0, 0.1) is 6.92 Å². The zero-order chi connectivity index (χ0) is 13.0. The first-order chi connectivity index (χ1) is 8.67. The largest absolute Gasteiger partial charge is 0.327 e. The Morgan fingerprint density at radius 3 is 2.72 bits per heavy atom. The van der Waals surface area contributed by atoms with Crippen LogP contribution in [-0.4, -0.2) is 15.8 Å². The van der Waals surface area contributed by atoms with Crippen molar-refractivity contribution in [1.82, 2.24) is 9.78 Å². The molecule has 0 aliphatic rings. The van der Waals surface area contributed by atoms with Crippen molar-refractivity contribution in [3.05, 3.63) is 53.3 Å². The van der Waals surface area contributed by atoms with Crippen molar-refractivity contribution in [2.45, 2.75) is 39.3 Å². The average Bonchev–Trinajstić information content (AvgIpc) is 2.76. The molecule has 18 heavy (non-hydrogen) atoms. The fraction of sp³-hybridized carbons (Fsp3) is 0.400. The van der Waals surface area contributed by atoms with Gasteiger partial charge in [0.1, 0.15) is 0 Å². The fourth-order valence-electron chi connectivity index (χ4n) is 2.20. The van der Waals surface area contributed by atoms with Crippen LogP contribution in [-0.2, 0) is 19.4 Å². The van der Waals surface area contributed by atoms with Crippen molar-refractivity contribution in [2.75, 3.05) is 0 Å². The first kappa shape index (κ1) is 12.8. The van der Waals surface area contributed by atoms with Crippen LogP contribution in [0.15, 0.2) is 36.7 Å². The maximum absolute atomic E-state index is 6.20. The van der Waals surface area contributed by atoms with Gasteiger partial charge in [-0.2, -0.15) is 5.10 Å². The Balaban J connectivity index is 1.94.